The van der Waals surface area contributed by atoms with Crippen LogP contribution in [0.5, 0.6) is 11.5 Å². The first kappa shape index (κ1) is 24.1. The molecule has 0 saturated heterocycles. The zero-order valence-electron chi connectivity index (χ0n) is 17.8. The van der Waals surface area contributed by atoms with Crippen molar-refractivity contribution >= 4 is 56.2 Å². The number of aromatic amines is 1. The Kier molecular flexibility index (Phi) is 7.41. The molecule has 0 bridgehead atoms. The number of fused-ring (bicyclic) bond motifs is 1. The summed E-state index contributed by atoms with van der Waals surface area (Å²) in [4.78, 5) is 27.7. The summed E-state index contributed by atoms with van der Waals surface area (Å²) in [6, 6.07) is 15.5. The van der Waals surface area contributed by atoms with Crippen LogP contribution in [0.4, 0.5) is 0 Å². The quantitative estimate of drug-likeness (QED) is 0.296. The van der Waals surface area contributed by atoms with Gasteiger partial charge in [-0.05, 0) is 64.8 Å². The highest BCUT2D eigenvalue weighted by atomic mass is 79.9. The Labute approximate surface area is 212 Å². The van der Waals surface area contributed by atoms with Crippen molar-refractivity contribution in [3.63, 3.8) is 0 Å². The van der Waals surface area contributed by atoms with Crippen molar-refractivity contribution in [2.24, 2.45) is 5.10 Å². The number of para-hydroxylation sites is 1. The van der Waals surface area contributed by atoms with Gasteiger partial charge in [0.1, 0.15) is 6.61 Å². The molecule has 0 aliphatic heterocycles. The average Bonchev–Trinajstić information content (AvgIpc) is 2.82. The van der Waals surface area contributed by atoms with E-state index in [1.165, 1.54) is 6.21 Å². The number of hydrogen-bond donors (Lipinski definition) is 1. The fourth-order valence-corrected chi connectivity index (χ4v) is 3.94. The topological polar surface area (TPSA) is 85.7 Å². The highest BCUT2D eigenvalue weighted by molar-refractivity contribution is 9.10. The van der Waals surface area contributed by atoms with Crippen LogP contribution in [0.1, 0.15) is 18.1 Å². The molecule has 1 N–H and O–H groups in total. The molecule has 4 aromatic rings. The SMILES string of the molecule is CCOc1cc(C=Nn2c(=O)[nH]c3ccccc3c2=O)c(Br)cc1OCc1ccc(Cl)c(Cl)c1. The predicted octanol–water partition coefficient (Wildman–Crippen LogP) is 5.62. The molecule has 10 heteroatoms. The third kappa shape index (κ3) is 5.19. The number of nitrogens with zero attached hydrogens (tertiary/aromatic N) is 2. The fourth-order valence-electron chi connectivity index (χ4n) is 3.20. The molecule has 0 saturated carbocycles. The summed E-state index contributed by atoms with van der Waals surface area (Å²) in [5, 5.41) is 5.38. The number of ether oxygens (including phenoxy) is 2. The van der Waals surface area contributed by atoms with Crippen LogP contribution in [0.2, 0.25) is 10.0 Å². The largest absolute Gasteiger partial charge is 0.490 e. The van der Waals surface area contributed by atoms with E-state index in [1.54, 1.807) is 48.5 Å². The number of aromatic nitrogens is 2. The highest BCUT2D eigenvalue weighted by Crippen LogP contribution is 2.34. The van der Waals surface area contributed by atoms with E-state index in [9.17, 15) is 9.59 Å². The molecule has 0 amide bonds. The lowest BCUT2D eigenvalue weighted by molar-refractivity contribution is 0.269. The van der Waals surface area contributed by atoms with Gasteiger partial charge < -0.3 is 14.5 Å². The molecule has 1 heterocycles. The van der Waals surface area contributed by atoms with Crippen LogP contribution in [-0.2, 0) is 6.61 Å². The minimum absolute atomic E-state index is 0.249. The van der Waals surface area contributed by atoms with Gasteiger partial charge in [0.05, 0.1) is 33.8 Å². The van der Waals surface area contributed by atoms with Crippen LogP contribution >= 0.6 is 39.1 Å². The lowest BCUT2D eigenvalue weighted by Crippen LogP contribution is -2.32. The molecule has 4 rings (SSSR count). The van der Waals surface area contributed by atoms with E-state index in [0.717, 1.165) is 10.2 Å². The minimum atomic E-state index is -0.636. The van der Waals surface area contributed by atoms with Gasteiger partial charge in [-0.2, -0.15) is 5.10 Å². The van der Waals surface area contributed by atoms with Crippen molar-refractivity contribution in [2.45, 2.75) is 13.5 Å². The van der Waals surface area contributed by atoms with Gasteiger partial charge in [0.25, 0.3) is 5.56 Å². The van der Waals surface area contributed by atoms with Crippen molar-refractivity contribution in [1.29, 1.82) is 0 Å². The molecule has 7 nitrogen and oxygen atoms in total. The Bertz CT molecular complexity index is 1510. The van der Waals surface area contributed by atoms with E-state index in [4.69, 9.17) is 32.7 Å². The standard InChI is InChI=1S/C24H18BrCl2N3O4/c1-2-33-21-10-15(12-28-30-23(31)16-5-3-4-6-20(16)29-24(30)32)17(25)11-22(21)34-13-14-7-8-18(26)19(27)9-14/h3-12H,2,13H2,1H3,(H,29,32). The van der Waals surface area contributed by atoms with Crippen LogP contribution in [0.25, 0.3) is 10.9 Å². The van der Waals surface area contributed by atoms with Gasteiger partial charge in [-0.1, -0.05) is 41.4 Å². The maximum absolute atomic E-state index is 12.7. The first-order valence-electron chi connectivity index (χ1n) is 10.2. The third-order valence-electron chi connectivity index (χ3n) is 4.84. The van der Waals surface area contributed by atoms with Crippen LogP contribution in [-0.4, -0.2) is 22.5 Å². The third-order valence-corrected chi connectivity index (χ3v) is 6.26. The first-order chi connectivity index (χ1) is 16.4. The van der Waals surface area contributed by atoms with Crippen molar-refractivity contribution in [3.8, 4) is 11.5 Å². The number of hydrogen-bond acceptors (Lipinski definition) is 5. The zero-order chi connectivity index (χ0) is 24.2. The molecule has 0 atom stereocenters. The summed E-state index contributed by atoms with van der Waals surface area (Å²) in [6.07, 6.45) is 1.40. The van der Waals surface area contributed by atoms with Crippen molar-refractivity contribution < 1.29 is 9.47 Å². The van der Waals surface area contributed by atoms with Crippen molar-refractivity contribution in [2.75, 3.05) is 6.61 Å². The van der Waals surface area contributed by atoms with Gasteiger partial charge in [-0.15, -0.1) is 4.68 Å². The minimum Gasteiger partial charge on any atom is -0.490 e. The van der Waals surface area contributed by atoms with Crippen LogP contribution in [0.15, 0.2) is 73.8 Å². The second kappa shape index (κ2) is 10.5. The normalized spacial score (nSPS) is 11.3. The van der Waals surface area contributed by atoms with E-state index in [-0.39, 0.29) is 6.61 Å². The van der Waals surface area contributed by atoms with E-state index < -0.39 is 11.2 Å². The molecule has 0 aliphatic rings. The number of rotatable bonds is 7. The summed E-state index contributed by atoms with van der Waals surface area (Å²) in [6.45, 7) is 2.51. The molecule has 174 valence electrons. The lowest BCUT2D eigenvalue weighted by Gasteiger charge is -2.14. The lowest BCUT2D eigenvalue weighted by atomic mass is 10.2. The van der Waals surface area contributed by atoms with Gasteiger partial charge in [0.15, 0.2) is 11.5 Å². The van der Waals surface area contributed by atoms with Gasteiger partial charge in [-0.25, -0.2) is 4.79 Å². The van der Waals surface area contributed by atoms with Gasteiger partial charge in [0, 0.05) is 10.0 Å². The predicted molar refractivity (Wildman–Crippen MR) is 138 cm³/mol. The molecule has 0 radical (unpaired) electrons. The molecule has 0 aliphatic carbocycles. The molecule has 0 unspecified atom stereocenters. The second-order valence-corrected chi connectivity index (χ2v) is 8.80. The number of H-pyrrole nitrogens is 1. The maximum atomic E-state index is 12.7. The Balaban J connectivity index is 1.64. The number of nitrogens with one attached hydrogen (secondary N) is 1. The molecule has 3 aromatic carbocycles. The Hall–Kier alpha value is -3.07. The van der Waals surface area contributed by atoms with E-state index in [1.807, 2.05) is 13.0 Å². The zero-order valence-corrected chi connectivity index (χ0v) is 20.9. The van der Waals surface area contributed by atoms with Crippen molar-refractivity contribution in [1.82, 2.24) is 9.66 Å². The average molecular weight is 563 g/mol. The second-order valence-electron chi connectivity index (χ2n) is 7.13. The first-order valence-corrected chi connectivity index (χ1v) is 11.7. The van der Waals surface area contributed by atoms with Crippen molar-refractivity contribution in [3.05, 3.63) is 101 Å². The Morgan fingerprint density at radius 1 is 1.03 bits per heavy atom. The molecule has 0 spiro atoms. The summed E-state index contributed by atoms with van der Waals surface area (Å²) < 4.78 is 13.1. The van der Waals surface area contributed by atoms with Crippen LogP contribution in [0, 0.1) is 0 Å². The van der Waals surface area contributed by atoms with Gasteiger partial charge in [-0.3, -0.25) is 4.79 Å². The molecule has 1 aromatic heterocycles. The van der Waals surface area contributed by atoms with Crippen LogP contribution in [0.3, 0.4) is 0 Å². The van der Waals surface area contributed by atoms with Gasteiger partial charge in [0.2, 0.25) is 0 Å². The number of benzene rings is 3. The monoisotopic (exact) mass is 561 g/mol. The maximum Gasteiger partial charge on any atom is 0.349 e. The van der Waals surface area contributed by atoms with Crippen LogP contribution < -0.4 is 20.7 Å². The van der Waals surface area contributed by atoms with E-state index in [2.05, 4.69) is 26.0 Å². The summed E-state index contributed by atoms with van der Waals surface area (Å²) >= 11 is 15.5. The fraction of sp³-hybridized carbons (Fsp3) is 0.125. The summed E-state index contributed by atoms with van der Waals surface area (Å²) in [5.41, 5.74) is 0.728. The summed E-state index contributed by atoms with van der Waals surface area (Å²) in [5.74, 6) is 0.977. The Morgan fingerprint density at radius 3 is 2.56 bits per heavy atom. The number of halogens is 3. The van der Waals surface area contributed by atoms with Gasteiger partial charge >= 0.3 is 5.69 Å². The molecule has 34 heavy (non-hydrogen) atoms. The smallest absolute Gasteiger partial charge is 0.349 e. The molecule has 0 fully saturated rings. The Morgan fingerprint density at radius 2 is 1.79 bits per heavy atom. The summed E-state index contributed by atoms with van der Waals surface area (Å²) in [7, 11) is 0. The molecular weight excluding hydrogens is 545 g/mol. The van der Waals surface area contributed by atoms with E-state index in [0.29, 0.717) is 49.1 Å². The van der Waals surface area contributed by atoms with E-state index >= 15 is 0 Å². The molecular formula is C24H18BrCl2N3O4. The highest BCUT2D eigenvalue weighted by Gasteiger charge is 2.12.